The molecule has 0 aliphatic carbocycles. The van der Waals surface area contributed by atoms with Crippen LogP contribution >= 0.6 is 35.7 Å². The van der Waals surface area contributed by atoms with Crippen LogP contribution in [0.15, 0.2) is 30.8 Å². The Morgan fingerprint density at radius 1 is 1.16 bits per heavy atom. The molecule has 0 atom stereocenters. The highest BCUT2D eigenvalue weighted by Gasteiger charge is 2.00. The van der Waals surface area contributed by atoms with Crippen molar-refractivity contribution in [2.75, 3.05) is 5.75 Å². The Labute approximate surface area is 131 Å². The molecule has 0 bridgehead atoms. The van der Waals surface area contributed by atoms with E-state index in [1.165, 1.54) is 42.6 Å². The molecule has 0 heterocycles. The van der Waals surface area contributed by atoms with Gasteiger partial charge in [-0.1, -0.05) is 75.3 Å². The molecule has 3 heteroatoms. The standard InChI is InChI=1S/C16H22S3/c1-3-5-6-7-12-18-16(17)19-13-15-10-8-14(4-2)9-11-15/h4,8-11H,2-3,5-7,12-13H2,1H3. The van der Waals surface area contributed by atoms with Crippen molar-refractivity contribution in [3.63, 3.8) is 0 Å². The number of rotatable bonds is 8. The third-order valence-corrected chi connectivity index (χ3v) is 5.65. The topological polar surface area (TPSA) is 0 Å². The van der Waals surface area contributed by atoms with Crippen LogP contribution in [0.4, 0.5) is 0 Å². The van der Waals surface area contributed by atoms with Crippen LogP contribution < -0.4 is 0 Å². The van der Waals surface area contributed by atoms with Gasteiger partial charge in [0.05, 0.1) is 0 Å². The van der Waals surface area contributed by atoms with Gasteiger partial charge in [-0.15, -0.1) is 23.5 Å². The van der Waals surface area contributed by atoms with Crippen molar-refractivity contribution in [3.05, 3.63) is 42.0 Å². The Morgan fingerprint density at radius 2 is 1.89 bits per heavy atom. The number of thiocarbonyl (C=S) groups is 1. The van der Waals surface area contributed by atoms with Gasteiger partial charge >= 0.3 is 0 Å². The van der Waals surface area contributed by atoms with Gasteiger partial charge in [-0.05, 0) is 23.3 Å². The first-order valence-corrected chi connectivity index (χ1v) is 9.15. The second kappa shape index (κ2) is 10.5. The van der Waals surface area contributed by atoms with E-state index in [9.17, 15) is 0 Å². The molecule has 0 fully saturated rings. The van der Waals surface area contributed by atoms with Gasteiger partial charge in [-0.3, -0.25) is 0 Å². The van der Waals surface area contributed by atoms with Crippen molar-refractivity contribution >= 4 is 45.3 Å². The van der Waals surface area contributed by atoms with Gasteiger partial charge in [0.1, 0.15) is 3.53 Å². The zero-order valence-corrected chi connectivity index (χ0v) is 14.0. The maximum atomic E-state index is 5.39. The smallest absolute Gasteiger partial charge is 0.104 e. The average molecular weight is 311 g/mol. The Morgan fingerprint density at radius 3 is 2.53 bits per heavy atom. The lowest BCUT2D eigenvalue weighted by molar-refractivity contribution is 0.707. The molecule has 0 spiro atoms. The first-order valence-electron chi connectivity index (χ1n) is 6.77. The number of hydrogen-bond donors (Lipinski definition) is 0. The first kappa shape index (κ1) is 16.8. The Kier molecular flexibility index (Phi) is 9.31. The zero-order valence-electron chi connectivity index (χ0n) is 11.6. The van der Waals surface area contributed by atoms with Gasteiger partial charge < -0.3 is 0 Å². The summed E-state index contributed by atoms with van der Waals surface area (Å²) in [5.74, 6) is 2.14. The summed E-state index contributed by atoms with van der Waals surface area (Å²) >= 11 is 9.00. The quantitative estimate of drug-likeness (QED) is 0.417. The van der Waals surface area contributed by atoms with E-state index in [2.05, 4.69) is 37.8 Å². The van der Waals surface area contributed by atoms with Crippen molar-refractivity contribution in [1.29, 1.82) is 0 Å². The maximum Gasteiger partial charge on any atom is 0.104 e. The molecule has 1 rings (SSSR count). The van der Waals surface area contributed by atoms with E-state index in [1.54, 1.807) is 11.8 Å². The molecule has 0 nitrogen and oxygen atoms in total. The highest BCUT2D eigenvalue weighted by Crippen LogP contribution is 2.23. The highest BCUT2D eigenvalue weighted by molar-refractivity contribution is 8.46. The summed E-state index contributed by atoms with van der Waals surface area (Å²) in [6.45, 7) is 6.00. The fraction of sp³-hybridized carbons (Fsp3) is 0.438. The molecule has 19 heavy (non-hydrogen) atoms. The lowest BCUT2D eigenvalue weighted by atomic mass is 10.1. The normalized spacial score (nSPS) is 10.4. The summed E-state index contributed by atoms with van der Waals surface area (Å²) in [7, 11) is 0. The molecule has 0 aliphatic heterocycles. The van der Waals surface area contributed by atoms with E-state index in [0.717, 1.165) is 9.28 Å². The maximum absolute atomic E-state index is 5.39. The van der Waals surface area contributed by atoms with Crippen LogP contribution in [0, 0.1) is 0 Å². The van der Waals surface area contributed by atoms with Crippen molar-refractivity contribution in [2.24, 2.45) is 0 Å². The predicted molar refractivity (Wildman–Crippen MR) is 97.0 cm³/mol. The van der Waals surface area contributed by atoms with Crippen molar-refractivity contribution in [2.45, 2.75) is 38.4 Å². The van der Waals surface area contributed by atoms with Gasteiger partial charge in [-0.25, -0.2) is 0 Å². The van der Waals surface area contributed by atoms with Crippen LogP contribution in [0.1, 0.15) is 43.7 Å². The predicted octanol–water partition coefficient (Wildman–Crippen LogP) is 6.16. The van der Waals surface area contributed by atoms with Crippen LogP contribution in [0.25, 0.3) is 6.08 Å². The second-order valence-corrected chi connectivity index (χ2v) is 7.67. The molecule has 1 aromatic rings. The van der Waals surface area contributed by atoms with Gasteiger partial charge in [-0.2, -0.15) is 0 Å². The number of unbranched alkanes of at least 4 members (excludes halogenated alkanes) is 3. The second-order valence-electron chi connectivity index (χ2n) is 4.39. The van der Waals surface area contributed by atoms with Crippen LogP contribution in [-0.2, 0) is 5.75 Å². The van der Waals surface area contributed by atoms with Gasteiger partial charge in [0.25, 0.3) is 0 Å². The summed E-state index contributed by atoms with van der Waals surface area (Å²) in [5, 5.41) is 0. The molecule has 0 unspecified atom stereocenters. The van der Waals surface area contributed by atoms with Gasteiger partial charge in [0.15, 0.2) is 0 Å². The van der Waals surface area contributed by atoms with Crippen LogP contribution in [0.5, 0.6) is 0 Å². The third kappa shape index (κ3) is 7.81. The third-order valence-electron chi connectivity index (χ3n) is 2.79. The van der Waals surface area contributed by atoms with Crippen molar-refractivity contribution < 1.29 is 0 Å². The fourth-order valence-corrected chi connectivity index (χ4v) is 3.80. The molecule has 1 aromatic carbocycles. The summed E-state index contributed by atoms with van der Waals surface area (Å²) in [6.07, 6.45) is 7.13. The summed E-state index contributed by atoms with van der Waals surface area (Å²) < 4.78 is 1.07. The summed E-state index contributed by atoms with van der Waals surface area (Å²) in [5.41, 5.74) is 2.49. The minimum absolute atomic E-state index is 0.970. The van der Waals surface area contributed by atoms with Gasteiger partial charge in [0.2, 0.25) is 0 Å². The van der Waals surface area contributed by atoms with Crippen molar-refractivity contribution in [3.8, 4) is 0 Å². The van der Waals surface area contributed by atoms with Gasteiger partial charge in [0, 0.05) is 5.75 Å². The SMILES string of the molecule is C=Cc1ccc(CSC(=S)SCCCCCC)cc1. The highest BCUT2D eigenvalue weighted by atomic mass is 32.2. The Hall–Kier alpha value is -0.250. The largest absolute Gasteiger partial charge is 0.108 e. The molecule has 0 radical (unpaired) electrons. The van der Waals surface area contributed by atoms with Crippen LogP contribution in [0.2, 0.25) is 0 Å². The number of benzene rings is 1. The average Bonchev–Trinajstić information content (AvgIpc) is 2.45. The van der Waals surface area contributed by atoms with E-state index in [0.29, 0.717) is 0 Å². The van der Waals surface area contributed by atoms with E-state index >= 15 is 0 Å². The molecule has 104 valence electrons. The Balaban J connectivity index is 2.16. The minimum Gasteiger partial charge on any atom is -0.108 e. The molecule has 0 saturated heterocycles. The molecular formula is C16H22S3. The molecule has 0 saturated carbocycles. The van der Waals surface area contributed by atoms with E-state index < -0.39 is 0 Å². The molecule has 0 amide bonds. The lowest BCUT2D eigenvalue weighted by Crippen LogP contribution is -1.88. The van der Waals surface area contributed by atoms with Crippen molar-refractivity contribution in [1.82, 2.24) is 0 Å². The fourth-order valence-electron chi connectivity index (χ4n) is 1.62. The number of thioether (sulfide) groups is 2. The zero-order chi connectivity index (χ0) is 13.9. The molecular weight excluding hydrogens is 288 g/mol. The number of hydrogen-bond acceptors (Lipinski definition) is 3. The van der Waals surface area contributed by atoms with Crippen LogP contribution in [0.3, 0.4) is 0 Å². The van der Waals surface area contributed by atoms with E-state index in [1.807, 2.05) is 17.8 Å². The van der Waals surface area contributed by atoms with E-state index in [-0.39, 0.29) is 0 Å². The first-order chi connectivity index (χ1) is 9.26. The van der Waals surface area contributed by atoms with Crippen LogP contribution in [-0.4, -0.2) is 9.28 Å². The monoisotopic (exact) mass is 310 g/mol. The molecule has 0 aliphatic rings. The minimum atomic E-state index is 0.970. The Bertz CT molecular complexity index is 381. The summed E-state index contributed by atoms with van der Waals surface area (Å²) in [4.78, 5) is 0. The molecule has 0 aromatic heterocycles. The summed E-state index contributed by atoms with van der Waals surface area (Å²) in [6, 6.07) is 8.50. The van der Waals surface area contributed by atoms with E-state index in [4.69, 9.17) is 12.2 Å². The lowest BCUT2D eigenvalue weighted by Gasteiger charge is -2.04. The molecule has 0 N–H and O–H groups in total.